The van der Waals surface area contributed by atoms with Gasteiger partial charge in [-0.3, -0.25) is 4.79 Å². The Morgan fingerprint density at radius 3 is 2.46 bits per heavy atom. The number of likely N-dealkylation sites (tertiary alicyclic amines) is 1. The highest BCUT2D eigenvalue weighted by molar-refractivity contribution is 5.89. The standard InChI is InChI=1S/C22H32FN3O2/c23-19-6-3-7-20(16-19)25-22(28)26-14-11-18(12-15-26)10-13-24-21(27)9-8-17-4-1-2-5-17/h3,6-7,16-18H,1-2,4-5,8-15H2,(H,24,27)(H,25,28). The summed E-state index contributed by atoms with van der Waals surface area (Å²) in [5.41, 5.74) is 0.479. The van der Waals surface area contributed by atoms with Crippen LogP contribution in [0.15, 0.2) is 24.3 Å². The van der Waals surface area contributed by atoms with Crippen molar-refractivity contribution in [3.05, 3.63) is 30.1 Å². The highest BCUT2D eigenvalue weighted by Gasteiger charge is 2.23. The molecule has 0 bridgehead atoms. The number of benzene rings is 1. The number of carbonyl (C=O) groups excluding carboxylic acids is 2. The summed E-state index contributed by atoms with van der Waals surface area (Å²) < 4.78 is 13.2. The van der Waals surface area contributed by atoms with E-state index in [9.17, 15) is 14.0 Å². The fourth-order valence-corrected chi connectivity index (χ4v) is 4.33. The van der Waals surface area contributed by atoms with Crippen LogP contribution in [0.1, 0.15) is 57.8 Å². The summed E-state index contributed by atoms with van der Waals surface area (Å²) in [5.74, 6) is 1.11. The van der Waals surface area contributed by atoms with Crippen LogP contribution in [0.5, 0.6) is 0 Å². The van der Waals surface area contributed by atoms with Gasteiger partial charge < -0.3 is 15.5 Å². The highest BCUT2D eigenvalue weighted by atomic mass is 19.1. The van der Waals surface area contributed by atoms with Gasteiger partial charge in [-0.1, -0.05) is 31.7 Å². The van der Waals surface area contributed by atoms with Crippen LogP contribution in [0.25, 0.3) is 0 Å². The molecule has 2 aliphatic rings. The molecule has 5 nitrogen and oxygen atoms in total. The minimum atomic E-state index is -0.359. The molecule has 154 valence electrons. The van der Waals surface area contributed by atoms with Crippen molar-refractivity contribution in [2.45, 2.75) is 57.8 Å². The molecule has 0 spiro atoms. The van der Waals surface area contributed by atoms with E-state index in [0.29, 0.717) is 31.1 Å². The van der Waals surface area contributed by atoms with Crippen LogP contribution in [0.4, 0.5) is 14.9 Å². The number of piperidine rings is 1. The average molecular weight is 390 g/mol. The van der Waals surface area contributed by atoms with Crippen molar-refractivity contribution in [2.24, 2.45) is 11.8 Å². The van der Waals surface area contributed by atoms with E-state index in [1.165, 1.54) is 37.8 Å². The number of amides is 3. The van der Waals surface area contributed by atoms with Gasteiger partial charge >= 0.3 is 6.03 Å². The molecule has 1 aliphatic carbocycles. The molecule has 1 saturated carbocycles. The molecule has 3 amide bonds. The molecule has 2 N–H and O–H groups in total. The van der Waals surface area contributed by atoms with Crippen LogP contribution >= 0.6 is 0 Å². The summed E-state index contributed by atoms with van der Waals surface area (Å²) in [6.07, 6.45) is 9.76. The third kappa shape index (κ3) is 6.50. The van der Waals surface area contributed by atoms with Gasteiger partial charge in [-0.05, 0) is 55.7 Å². The van der Waals surface area contributed by atoms with Crippen molar-refractivity contribution >= 4 is 17.6 Å². The Hall–Kier alpha value is -2.11. The predicted molar refractivity (Wildman–Crippen MR) is 109 cm³/mol. The Morgan fingerprint density at radius 1 is 1.04 bits per heavy atom. The second kappa shape index (κ2) is 10.4. The summed E-state index contributed by atoms with van der Waals surface area (Å²) in [4.78, 5) is 26.1. The fraction of sp³-hybridized carbons (Fsp3) is 0.636. The third-order valence-corrected chi connectivity index (χ3v) is 6.11. The second-order valence-electron chi connectivity index (χ2n) is 8.20. The number of halogens is 1. The molecule has 2 fully saturated rings. The fourth-order valence-electron chi connectivity index (χ4n) is 4.33. The van der Waals surface area contributed by atoms with Crippen molar-refractivity contribution in [1.29, 1.82) is 0 Å². The van der Waals surface area contributed by atoms with Crippen LogP contribution in [0, 0.1) is 17.7 Å². The van der Waals surface area contributed by atoms with Gasteiger partial charge in [0.2, 0.25) is 5.91 Å². The van der Waals surface area contributed by atoms with Gasteiger partial charge in [0.15, 0.2) is 0 Å². The maximum absolute atomic E-state index is 13.2. The predicted octanol–water partition coefficient (Wildman–Crippen LogP) is 4.55. The van der Waals surface area contributed by atoms with Crippen LogP contribution < -0.4 is 10.6 Å². The van der Waals surface area contributed by atoms with E-state index < -0.39 is 0 Å². The van der Waals surface area contributed by atoms with Gasteiger partial charge in [0, 0.05) is 31.7 Å². The van der Waals surface area contributed by atoms with E-state index in [-0.39, 0.29) is 17.8 Å². The van der Waals surface area contributed by atoms with Gasteiger partial charge in [-0.25, -0.2) is 9.18 Å². The monoisotopic (exact) mass is 389 g/mol. The van der Waals surface area contributed by atoms with Gasteiger partial charge in [0.05, 0.1) is 0 Å². The molecule has 6 heteroatoms. The van der Waals surface area contributed by atoms with Crippen molar-refractivity contribution in [1.82, 2.24) is 10.2 Å². The number of hydrogen-bond donors (Lipinski definition) is 2. The third-order valence-electron chi connectivity index (χ3n) is 6.11. The maximum Gasteiger partial charge on any atom is 0.321 e. The summed E-state index contributed by atoms with van der Waals surface area (Å²) in [5, 5.41) is 5.81. The van der Waals surface area contributed by atoms with Crippen molar-refractivity contribution < 1.29 is 14.0 Å². The average Bonchev–Trinajstić information content (AvgIpc) is 3.20. The van der Waals surface area contributed by atoms with E-state index in [1.54, 1.807) is 17.0 Å². The zero-order valence-electron chi connectivity index (χ0n) is 16.6. The highest BCUT2D eigenvalue weighted by Crippen LogP contribution is 2.28. The van der Waals surface area contributed by atoms with E-state index in [1.807, 2.05) is 0 Å². The van der Waals surface area contributed by atoms with E-state index >= 15 is 0 Å². The Kier molecular flexibility index (Phi) is 7.69. The molecule has 0 aromatic heterocycles. The topological polar surface area (TPSA) is 61.4 Å². The van der Waals surface area contributed by atoms with Crippen LogP contribution in [0.3, 0.4) is 0 Å². The maximum atomic E-state index is 13.2. The van der Waals surface area contributed by atoms with E-state index in [2.05, 4.69) is 10.6 Å². The number of carbonyl (C=O) groups is 2. The first-order valence-electron chi connectivity index (χ1n) is 10.7. The molecule has 1 aromatic rings. The van der Waals surface area contributed by atoms with Gasteiger partial charge in [-0.15, -0.1) is 0 Å². The molecule has 1 saturated heterocycles. The summed E-state index contributed by atoms with van der Waals surface area (Å²) in [6, 6.07) is 5.76. The molecule has 0 unspecified atom stereocenters. The summed E-state index contributed by atoms with van der Waals surface area (Å²) in [6.45, 7) is 2.12. The summed E-state index contributed by atoms with van der Waals surface area (Å²) >= 11 is 0. The minimum absolute atomic E-state index is 0.177. The number of urea groups is 1. The minimum Gasteiger partial charge on any atom is -0.356 e. The van der Waals surface area contributed by atoms with Gasteiger partial charge in [-0.2, -0.15) is 0 Å². The second-order valence-corrected chi connectivity index (χ2v) is 8.20. The molecule has 1 aliphatic heterocycles. The quantitative estimate of drug-likeness (QED) is 0.719. The number of hydrogen-bond acceptors (Lipinski definition) is 2. The van der Waals surface area contributed by atoms with Crippen LogP contribution in [-0.4, -0.2) is 36.5 Å². The van der Waals surface area contributed by atoms with Crippen LogP contribution in [0.2, 0.25) is 0 Å². The zero-order valence-corrected chi connectivity index (χ0v) is 16.6. The number of rotatable bonds is 7. The first-order chi connectivity index (χ1) is 13.6. The molecule has 1 aromatic carbocycles. The lowest BCUT2D eigenvalue weighted by molar-refractivity contribution is -0.121. The molecule has 3 rings (SSSR count). The lowest BCUT2D eigenvalue weighted by Crippen LogP contribution is -2.41. The number of nitrogens with one attached hydrogen (secondary N) is 2. The van der Waals surface area contributed by atoms with Gasteiger partial charge in [0.25, 0.3) is 0 Å². The lowest BCUT2D eigenvalue weighted by Gasteiger charge is -2.32. The lowest BCUT2D eigenvalue weighted by atomic mass is 9.93. The molecule has 0 atom stereocenters. The van der Waals surface area contributed by atoms with Crippen LogP contribution in [-0.2, 0) is 4.79 Å². The van der Waals surface area contributed by atoms with Gasteiger partial charge in [0.1, 0.15) is 5.82 Å². The number of nitrogens with zero attached hydrogens (tertiary/aromatic N) is 1. The molecular formula is C22H32FN3O2. The SMILES string of the molecule is O=C(CCC1CCCC1)NCCC1CCN(C(=O)Nc2cccc(F)c2)CC1. The number of anilines is 1. The van der Waals surface area contributed by atoms with Crippen molar-refractivity contribution in [3.63, 3.8) is 0 Å². The first kappa shape index (κ1) is 20.6. The van der Waals surface area contributed by atoms with Crippen molar-refractivity contribution in [3.8, 4) is 0 Å². The first-order valence-corrected chi connectivity index (χ1v) is 10.7. The molecule has 1 heterocycles. The van der Waals surface area contributed by atoms with Crippen molar-refractivity contribution in [2.75, 3.05) is 25.0 Å². The zero-order chi connectivity index (χ0) is 19.8. The Bertz CT molecular complexity index is 653. The Labute approximate surface area is 167 Å². The van der Waals surface area contributed by atoms with E-state index in [4.69, 9.17) is 0 Å². The normalized spacial score (nSPS) is 18.2. The molecule has 0 radical (unpaired) electrons. The molecular weight excluding hydrogens is 357 g/mol. The molecule has 28 heavy (non-hydrogen) atoms. The Morgan fingerprint density at radius 2 is 1.75 bits per heavy atom. The van der Waals surface area contributed by atoms with E-state index in [0.717, 1.165) is 38.1 Å². The Balaban J connectivity index is 1.28. The largest absolute Gasteiger partial charge is 0.356 e. The summed E-state index contributed by atoms with van der Waals surface area (Å²) in [7, 11) is 0. The smallest absolute Gasteiger partial charge is 0.321 e.